The molecule has 0 bridgehead atoms. The minimum absolute atomic E-state index is 0.0600. The molecule has 0 rings (SSSR count). The van der Waals surface area contributed by atoms with Crippen LogP contribution in [0.5, 0.6) is 0 Å². The lowest BCUT2D eigenvalue weighted by atomic mass is 10.1. The molecule has 3 N–H and O–H groups in total. The summed E-state index contributed by atoms with van der Waals surface area (Å²) in [4.78, 5) is 11.3. The Balaban J connectivity index is 3.21. The van der Waals surface area contributed by atoms with Crippen LogP contribution in [-0.4, -0.2) is 31.7 Å². The third kappa shape index (κ3) is 11.5. The molecule has 16 heavy (non-hydrogen) atoms. The molecule has 0 fully saturated rings. The molecule has 0 spiro atoms. The molecule has 4 heteroatoms. The molecule has 1 unspecified atom stereocenters. The number of amides is 1. The van der Waals surface area contributed by atoms with Crippen molar-refractivity contribution < 1.29 is 9.53 Å². The van der Waals surface area contributed by atoms with Gasteiger partial charge in [0.1, 0.15) is 0 Å². The van der Waals surface area contributed by atoms with Crippen molar-refractivity contribution in [3.8, 4) is 0 Å². The fourth-order valence-electron chi connectivity index (χ4n) is 1.13. The second-order valence-electron chi connectivity index (χ2n) is 4.66. The van der Waals surface area contributed by atoms with Gasteiger partial charge in [0.15, 0.2) is 0 Å². The van der Waals surface area contributed by atoms with E-state index in [4.69, 9.17) is 10.5 Å². The summed E-state index contributed by atoms with van der Waals surface area (Å²) in [6.07, 6.45) is 2.31. The highest BCUT2D eigenvalue weighted by Crippen LogP contribution is 1.98. The monoisotopic (exact) mass is 230 g/mol. The fraction of sp³-hybridized carbons (Fsp3) is 0.917. The third-order valence-electron chi connectivity index (χ3n) is 2.23. The van der Waals surface area contributed by atoms with Crippen molar-refractivity contribution in [2.24, 2.45) is 11.7 Å². The summed E-state index contributed by atoms with van der Waals surface area (Å²) < 4.78 is 5.38. The van der Waals surface area contributed by atoms with Crippen molar-refractivity contribution >= 4 is 5.91 Å². The number of carbonyl (C=O) groups excluding carboxylic acids is 1. The molecular formula is C12H26N2O2. The van der Waals surface area contributed by atoms with Gasteiger partial charge >= 0.3 is 0 Å². The zero-order chi connectivity index (χ0) is 12.4. The van der Waals surface area contributed by atoms with Crippen LogP contribution in [0.15, 0.2) is 0 Å². The first-order chi connectivity index (χ1) is 7.52. The predicted molar refractivity (Wildman–Crippen MR) is 66.2 cm³/mol. The number of carbonyl (C=O) groups is 1. The van der Waals surface area contributed by atoms with E-state index in [0.29, 0.717) is 25.5 Å². The Morgan fingerprint density at radius 2 is 1.94 bits per heavy atom. The van der Waals surface area contributed by atoms with Gasteiger partial charge in [-0.2, -0.15) is 0 Å². The van der Waals surface area contributed by atoms with E-state index >= 15 is 0 Å². The molecule has 0 aliphatic rings. The molecule has 0 aliphatic carbocycles. The van der Waals surface area contributed by atoms with Gasteiger partial charge in [-0.25, -0.2) is 0 Å². The lowest BCUT2D eigenvalue weighted by Gasteiger charge is -2.08. The zero-order valence-corrected chi connectivity index (χ0v) is 10.8. The van der Waals surface area contributed by atoms with Crippen LogP contribution in [0.1, 0.15) is 40.0 Å². The highest BCUT2D eigenvalue weighted by Gasteiger charge is 2.02. The topological polar surface area (TPSA) is 64.3 Å². The van der Waals surface area contributed by atoms with Gasteiger partial charge in [0.25, 0.3) is 0 Å². The van der Waals surface area contributed by atoms with E-state index in [1.54, 1.807) is 0 Å². The predicted octanol–water partition coefficient (Wildman–Crippen LogP) is 1.29. The summed E-state index contributed by atoms with van der Waals surface area (Å²) in [5, 5.41) is 2.81. The molecule has 0 aromatic carbocycles. The number of hydrogen-bond acceptors (Lipinski definition) is 3. The number of hydrogen-bond donors (Lipinski definition) is 2. The summed E-state index contributed by atoms with van der Waals surface area (Å²) in [6.45, 7) is 8.19. The maximum Gasteiger partial charge on any atom is 0.220 e. The standard InChI is InChI=1S/C12H26N2O2/c1-10(2)6-8-16-9-7-14-12(15)5-4-11(3)13/h10-11H,4-9,13H2,1-3H3,(H,14,15). The van der Waals surface area contributed by atoms with Crippen molar-refractivity contribution in [1.82, 2.24) is 5.32 Å². The van der Waals surface area contributed by atoms with Crippen molar-refractivity contribution in [1.29, 1.82) is 0 Å². The molecule has 1 amide bonds. The molecule has 0 radical (unpaired) electrons. The molecular weight excluding hydrogens is 204 g/mol. The lowest BCUT2D eigenvalue weighted by Crippen LogP contribution is -2.28. The van der Waals surface area contributed by atoms with Crippen LogP contribution in [0.25, 0.3) is 0 Å². The van der Waals surface area contributed by atoms with Gasteiger partial charge in [-0.15, -0.1) is 0 Å². The van der Waals surface area contributed by atoms with Crippen LogP contribution in [0.3, 0.4) is 0 Å². The number of rotatable bonds is 9. The maximum absolute atomic E-state index is 11.3. The van der Waals surface area contributed by atoms with E-state index in [0.717, 1.165) is 19.4 Å². The van der Waals surface area contributed by atoms with Crippen molar-refractivity contribution in [3.05, 3.63) is 0 Å². The highest BCUT2D eigenvalue weighted by atomic mass is 16.5. The second-order valence-corrected chi connectivity index (χ2v) is 4.66. The average Bonchev–Trinajstić information content (AvgIpc) is 2.19. The smallest absolute Gasteiger partial charge is 0.220 e. The van der Waals surface area contributed by atoms with Gasteiger partial charge in [-0.3, -0.25) is 4.79 Å². The van der Waals surface area contributed by atoms with Gasteiger partial charge in [0.05, 0.1) is 6.61 Å². The Bertz CT molecular complexity index is 182. The molecule has 4 nitrogen and oxygen atoms in total. The Morgan fingerprint density at radius 1 is 1.25 bits per heavy atom. The van der Waals surface area contributed by atoms with Crippen LogP contribution in [0, 0.1) is 5.92 Å². The largest absolute Gasteiger partial charge is 0.380 e. The normalized spacial score (nSPS) is 12.8. The maximum atomic E-state index is 11.3. The van der Waals surface area contributed by atoms with E-state index in [1.807, 2.05) is 6.92 Å². The molecule has 0 saturated heterocycles. The van der Waals surface area contributed by atoms with E-state index in [1.165, 1.54) is 0 Å². The highest BCUT2D eigenvalue weighted by molar-refractivity contribution is 5.75. The van der Waals surface area contributed by atoms with Gasteiger partial charge in [0.2, 0.25) is 5.91 Å². The molecule has 1 atom stereocenters. The first-order valence-electron chi connectivity index (χ1n) is 6.12. The summed E-state index contributed by atoms with van der Waals surface area (Å²) in [7, 11) is 0. The average molecular weight is 230 g/mol. The minimum atomic E-state index is 0.0600. The van der Waals surface area contributed by atoms with Crippen LogP contribution in [-0.2, 0) is 9.53 Å². The third-order valence-corrected chi connectivity index (χ3v) is 2.23. The Kier molecular flexibility index (Phi) is 9.24. The molecule has 0 heterocycles. The minimum Gasteiger partial charge on any atom is -0.380 e. The van der Waals surface area contributed by atoms with E-state index in [2.05, 4.69) is 19.2 Å². The van der Waals surface area contributed by atoms with Gasteiger partial charge in [-0.05, 0) is 25.7 Å². The summed E-state index contributed by atoms with van der Waals surface area (Å²) in [5.74, 6) is 0.727. The van der Waals surface area contributed by atoms with Gasteiger partial charge < -0.3 is 15.8 Å². The zero-order valence-electron chi connectivity index (χ0n) is 10.8. The van der Waals surface area contributed by atoms with Crippen molar-refractivity contribution in [2.75, 3.05) is 19.8 Å². The molecule has 0 saturated carbocycles. The van der Waals surface area contributed by atoms with Crippen LogP contribution in [0.2, 0.25) is 0 Å². The van der Waals surface area contributed by atoms with Gasteiger partial charge in [0, 0.05) is 25.6 Å². The SMILES string of the molecule is CC(C)CCOCCNC(=O)CCC(C)N. The van der Waals surface area contributed by atoms with E-state index in [9.17, 15) is 4.79 Å². The lowest BCUT2D eigenvalue weighted by molar-refractivity contribution is -0.121. The van der Waals surface area contributed by atoms with Gasteiger partial charge in [-0.1, -0.05) is 13.8 Å². The summed E-state index contributed by atoms with van der Waals surface area (Å²) in [6, 6.07) is 0.0908. The summed E-state index contributed by atoms with van der Waals surface area (Å²) >= 11 is 0. The molecule has 0 aliphatic heterocycles. The van der Waals surface area contributed by atoms with Crippen LogP contribution >= 0.6 is 0 Å². The van der Waals surface area contributed by atoms with E-state index in [-0.39, 0.29) is 11.9 Å². The second kappa shape index (κ2) is 9.60. The Hall–Kier alpha value is -0.610. The fourth-order valence-corrected chi connectivity index (χ4v) is 1.13. The Morgan fingerprint density at radius 3 is 2.50 bits per heavy atom. The molecule has 96 valence electrons. The van der Waals surface area contributed by atoms with E-state index < -0.39 is 0 Å². The number of nitrogens with two attached hydrogens (primary N) is 1. The summed E-state index contributed by atoms with van der Waals surface area (Å²) in [5.41, 5.74) is 5.56. The number of nitrogens with one attached hydrogen (secondary N) is 1. The first-order valence-corrected chi connectivity index (χ1v) is 6.12. The van der Waals surface area contributed by atoms with Crippen LogP contribution in [0.4, 0.5) is 0 Å². The van der Waals surface area contributed by atoms with Crippen LogP contribution < -0.4 is 11.1 Å². The number of ether oxygens (including phenoxy) is 1. The first kappa shape index (κ1) is 15.4. The Labute approximate surface area is 98.9 Å². The quantitative estimate of drug-likeness (QED) is 0.587. The van der Waals surface area contributed by atoms with Crippen molar-refractivity contribution in [3.63, 3.8) is 0 Å². The van der Waals surface area contributed by atoms with Crippen molar-refractivity contribution in [2.45, 2.75) is 46.1 Å². The molecule has 0 aromatic rings. The molecule has 0 aromatic heterocycles.